The Bertz CT molecular complexity index is 1560. The Morgan fingerprint density at radius 3 is 2.20 bits per heavy atom. The standard InChI is InChI=1S/C27H22F5N5O4/c1-26(2)23(39)37(18-9-10-20(29)19(12-18)27(30,31)32)25(41)36(26)13-15-3-6-16(28)11-21(15)35-24(40)34-17-7-4-14(5-8-17)22(33)38/h3-12H,13H2,1-2H3,(H2,33,38)(H2,34,35,40). The molecule has 3 aromatic rings. The van der Waals surface area contributed by atoms with Gasteiger partial charge in [0.25, 0.3) is 5.91 Å². The Morgan fingerprint density at radius 1 is 0.927 bits per heavy atom. The van der Waals surface area contributed by atoms with Crippen molar-refractivity contribution in [3.63, 3.8) is 0 Å². The minimum Gasteiger partial charge on any atom is -0.366 e. The van der Waals surface area contributed by atoms with Crippen LogP contribution in [0.1, 0.15) is 35.3 Å². The smallest absolute Gasteiger partial charge is 0.366 e. The number of hydrogen-bond acceptors (Lipinski definition) is 4. The van der Waals surface area contributed by atoms with Crippen LogP contribution in [0.15, 0.2) is 60.7 Å². The summed E-state index contributed by atoms with van der Waals surface area (Å²) in [5.41, 5.74) is 2.09. The van der Waals surface area contributed by atoms with Crippen LogP contribution in [0.5, 0.6) is 0 Å². The van der Waals surface area contributed by atoms with Gasteiger partial charge < -0.3 is 21.3 Å². The predicted molar refractivity (Wildman–Crippen MR) is 138 cm³/mol. The first kappa shape index (κ1) is 29.0. The van der Waals surface area contributed by atoms with E-state index in [4.69, 9.17) is 5.73 Å². The molecule has 1 saturated heterocycles. The molecule has 0 saturated carbocycles. The van der Waals surface area contributed by atoms with Crippen molar-refractivity contribution in [1.82, 2.24) is 4.90 Å². The fourth-order valence-electron chi connectivity index (χ4n) is 4.17. The average molecular weight is 575 g/mol. The highest BCUT2D eigenvalue weighted by Crippen LogP contribution is 2.38. The second kappa shape index (κ2) is 10.5. The number of hydrogen-bond donors (Lipinski definition) is 3. The number of imide groups is 1. The van der Waals surface area contributed by atoms with E-state index in [1.807, 2.05) is 0 Å². The topological polar surface area (TPSA) is 125 Å². The lowest BCUT2D eigenvalue weighted by Gasteiger charge is -2.28. The van der Waals surface area contributed by atoms with E-state index in [2.05, 4.69) is 10.6 Å². The number of halogens is 5. The van der Waals surface area contributed by atoms with E-state index in [1.165, 1.54) is 44.2 Å². The van der Waals surface area contributed by atoms with Crippen LogP contribution in [-0.4, -0.2) is 34.3 Å². The van der Waals surface area contributed by atoms with Crippen molar-refractivity contribution in [1.29, 1.82) is 0 Å². The number of carbonyl (C=O) groups excluding carboxylic acids is 4. The summed E-state index contributed by atoms with van der Waals surface area (Å²) in [7, 11) is 0. The number of primary amides is 1. The number of benzene rings is 3. The number of carbonyl (C=O) groups is 4. The summed E-state index contributed by atoms with van der Waals surface area (Å²) in [4.78, 5) is 51.9. The molecule has 0 radical (unpaired) electrons. The van der Waals surface area contributed by atoms with Crippen molar-refractivity contribution in [3.8, 4) is 0 Å². The molecular formula is C27H22F5N5O4. The van der Waals surface area contributed by atoms with Crippen LogP contribution in [0.25, 0.3) is 0 Å². The lowest BCUT2D eigenvalue weighted by Crippen LogP contribution is -2.43. The minimum atomic E-state index is -5.07. The van der Waals surface area contributed by atoms with Crippen LogP contribution >= 0.6 is 0 Å². The fraction of sp³-hybridized carbons (Fsp3) is 0.185. The summed E-state index contributed by atoms with van der Waals surface area (Å²) in [5, 5.41) is 4.94. The Balaban J connectivity index is 1.59. The lowest BCUT2D eigenvalue weighted by molar-refractivity contribution is -0.140. The number of nitrogens with zero attached hydrogens (tertiary/aromatic N) is 2. The molecule has 0 aliphatic carbocycles. The molecule has 3 aromatic carbocycles. The third kappa shape index (κ3) is 5.81. The predicted octanol–water partition coefficient (Wildman–Crippen LogP) is 5.47. The van der Waals surface area contributed by atoms with Gasteiger partial charge in [-0.2, -0.15) is 13.2 Å². The van der Waals surface area contributed by atoms with Crippen LogP contribution in [0.4, 0.5) is 48.6 Å². The first-order valence-corrected chi connectivity index (χ1v) is 11.9. The molecule has 4 rings (SSSR count). The van der Waals surface area contributed by atoms with Crippen LogP contribution in [0.2, 0.25) is 0 Å². The first-order valence-electron chi connectivity index (χ1n) is 11.9. The maximum Gasteiger partial charge on any atom is 0.419 e. The number of urea groups is 2. The molecule has 0 atom stereocenters. The highest BCUT2D eigenvalue weighted by molar-refractivity contribution is 6.23. The fourth-order valence-corrected chi connectivity index (χ4v) is 4.17. The molecule has 1 heterocycles. The second-order valence-corrected chi connectivity index (χ2v) is 9.55. The van der Waals surface area contributed by atoms with Gasteiger partial charge in [-0.15, -0.1) is 0 Å². The number of nitrogens with one attached hydrogen (secondary N) is 2. The van der Waals surface area contributed by atoms with E-state index in [1.54, 1.807) is 0 Å². The first-order chi connectivity index (χ1) is 19.1. The molecule has 9 nitrogen and oxygen atoms in total. The molecule has 1 fully saturated rings. The number of amides is 6. The summed E-state index contributed by atoms with van der Waals surface area (Å²) in [6, 6.07) is 8.85. The summed E-state index contributed by atoms with van der Waals surface area (Å²) in [6.07, 6.45) is -5.07. The van der Waals surface area contributed by atoms with Gasteiger partial charge in [-0.25, -0.2) is 23.3 Å². The summed E-state index contributed by atoms with van der Waals surface area (Å²) in [6.45, 7) is 2.37. The number of nitrogens with two attached hydrogens (primary N) is 1. The van der Waals surface area contributed by atoms with E-state index in [9.17, 15) is 41.1 Å². The molecule has 4 N–H and O–H groups in total. The zero-order chi connectivity index (χ0) is 30.3. The van der Waals surface area contributed by atoms with Crippen molar-refractivity contribution in [3.05, 3.63) is 89.0 Å². The van der Waals surface area contributed by atoms with Gasteiger partial charge in [-0.05, 0) is 74.0 Å². The molecule has 0 aromatic heterocycles. The highest BCUT2D eigenvalue weighted by Gasteiger charge is 2.52. The van der Waals surface area contributed by atoms with E-state index >= 15 is 0 Å². The van der Waals surface area contributed by atoms with Crippen LogP contribution in [0, 0.1) is 11.6 Å². The SMILES string of the molecule is CC1(C)C(=O)N(c2ccc(F)c(C(F)(F)F)c2)C(=O)N1Cc1ccc(F)cc1NC(=O)Nc1ccc(C(N)=O)cc1. The van der Waals surface area contributed by atoms with Crippen LogP contribution in [-0.2, 0) is 17.5 Å². The van der Waals surface area contributed by atoms with Gasteiger partial charge in [0, 0.05) is 11.3 Å². The molecule has 1 aliphatic rings. The molecule has 41 heavy (non-hydrogen) atoms. The third-order valence-corrected chi connectivity index (χ3v) is 6.41. The van der Waals surface area contributed by atoms with E-state index < -0.39 is 58.5 Å². The van der Waals surface area contributed by atoms with Crippen molar-refractivity contribution in [2.75, 3.05) is 15.5 Å². The third-order valence-electron chi connectivity index (χ3n) is 6.41. The zero-order valence-corrected chi connectivity index (χ0v) is 21.5. The van der Waals surface area contributed by atoms with Crippen molar-refractivity contribution < 1.29 is 41.1 Å². The normalized spacial score (nSPS) is 14.8. The molecule has 6 amide bonds. The van der Waals surface area contributed by atoms with Crippen LogP contribution in [0.3, 0.4) is 0 Å². The maximum absolute atomic E-state index is 14.1. The molecule has 214 valence electrons. The number of rotatable bonds is 6. The molecule has 1 aliphatic heterocycles. The average Bonchev–Trinajstić information content (AvgIpc) is 3.04. The van der Waals surface area contributed by atoms with Gasteiger partial charge in [0.2, 0.25) is 5.91 Å². The largest absolute Gasteiger partial charge is 0.419 e. The Hall–Kier alpha value is -5.01. The van der Waals surface area contributed by atoms with Crippen molar-refractivity contribution in [2.24, 2.45) is 5.73 Å². The Kier molecular flexibility index (Phi) is 7.44. The molecule has 0 unspecified atom stereocenters. The van der Waals surface area contributed by atoms with Crippen LogP contribution < -0.4 is 21.3 Å². The van der Waals surface area contributed by atoms with Crippen molar-refractivity contribution >= 4 is 40.9 Å². The van der Waals surface area contributed by atoms with Gasteiger partial charge in [0.15, 0.2) is 0 Å². The number of alkyl halides is 3. The molecular weight excluding hydrogens is 553 g/mol. The van der Waals surface area contributed by atoms with E-state index in [0.717, 1.165) is 23.1 Å². The highest BCUT2D eigenvalue weighted by atomic mass is 19.4. The minimum absolute atomic E-state index is 0.0631. The monoisotopic (exact) mass is 575 g/mol. The van der Waals surface area contributed by atoms with Gasteiger partial charge >= 0.3 is 18.2 Å². The van der Waals surface area contributed by atoms with Gasteiger partial charge in [0.1, 0.15) is 17.2 Å². The molecule has 0 spiro atoms. The summed E-state index contributed by atoms with van der Waals surface area (Å²) in [5.74, 6) is -3.84. The summed E-state index contributed by atoms with van der Waals surface area (Å²) < 4.78 is 67.7. The second-order valence-electron chi connectivity index (χ2n) is 9.55. The zero-order valence-electron chi connectivity index (χ0n) is 21.5. The quantitative estimate of drug-likeness (QED) is 0.266. The van der Waals surface area contributed by atoms with Gasteiger partial charge in [-0.3, -0.25) is 9.59 Å². The Labute approximate surface area is 229 Å². The lowest BCUT2D eigenvalue weighted by atomic mass is 10.0. The summed E-state index contributed by atoms with van der Waals surface area (Å²) >= 11 is 0. The molecule has 0 bridgehead atoms. The number of anilines is 3. The Morgan fingerprint density at radius 2 is 1.59 bits per heavy atom. The molecule has 14 heteroatoms. The van der Waals surface area contributed by atoms with Gasteiger partial charge in [0.05, 0.1) is 23.5 Å². The van der Waals surface area contributed by atoms with E-state index in [0.29, 0.717) is 17.0 Å². The van der Waals surface area contributed by atoms with E-state index in [-0.39, 0.29) is 29.0 Å². The van der Waals surface area contributed by atoms with Crippen molar-refractivity contribution in [2.45, 2.75) is 32.1 Å². The van der Waals surface area contributed by atoms with Gasteiger partial charge in [-0.1, -0.05) is 6.07 Å². The maximum atomic E-state index is 14.1.